The lowest BCUT2D eigenvalue weighted by Gasteiger charge is -2.17. The zero-order valence-electron chi connectivity index (χ0n) is 8.27. The molecular formula is C11H11BrN2S. The molecule has 1 aromatic heterocycles. The molecule has 1 heterocycles. The Morgan fingerprint density at radius 3 is 2.73 bits per heavy atom. The Labute approximate surface area is 101 Å². The highest BCUT2D eigenvalue weighted by atomic mass is 79.9. The molecule has 1 aromatic carbocycles. The van der Waals surface area contributed by atoms with Crippen LogP contribution in [-0.4, -0.2) is 7.05 Å². The third-order valence-electron chi connectivity index (χ3n) is 2.14. The van der Waals surface area contributed by atoms with Gasteiger partial charge in [0.05, 0.1) is 5.00 Å². The number of nitrogens with two attached hydrogens (primary N) is 1. The zero-order valence-corrected chi connectivity index (χ0v) is 10.7. The van der Waals surface area contributed by atoms with Crippen LogP contribution in [-0.2, 0) is 0 Å². The third-order valence-corrected chi connectivity index (χ3v) is 3.91. The number of hydrogen-bond donors (Lipinski definition) is 1. The Morgan fingerprint density at radius 1 is 1.33 bits per heavy atom. The minimum Gasteiger partial charge on any atom is -0.399 e. The van der Waals surface area contributed by atoms with E-state index in [0.717, 1.165) is 15.8 Å². The maximum absolute atomic E-state index is 5.75. The lowest BCUT2D eigenvalue weighted by molar-refractivity contribution is 1.24. The maximum Gasteiger partial charge on any atom is 0.0962 e. The van der Waals surface area contributed by atoms with Gasteiger partial charge in [0.2, 0.25) is 0 Å². The number of anilines is 3. The van der Waals surface area contributed by atoms with Gasteiger partial charge in [-0.15, -0.1) is 11.3 Å². The van der Waals surface area contributed by atoms with E-state index in [1.807, 2.05) is 31.3 Å². The first-order valence-electron chi connectivity index (χ1n) is 4.50. The van der Waals surface area contributed by atoms with Gasteiger partial charge in [-0.05, 0) is 40.2 Å². The second-order valence-electron chi connectivity index (χ2n) is 3.26. The van der Waals surface area contributed by atoms with Crippen LogP contribution in [0.3, 0.4) is 0 Å². The first-order chi connectivity index (χ1) is 7.16. The number of benzene rings is 1. The van der Waals surface area contributed by atoms with Crippen LogP contribution in [0.1, 0.15) is 0 Å². The molecule has 0 fully saturated rings. The molecule has 2 rings (SSSR count). The third kappa shape index (κ3) is 2.33. The van der Waals surface area contributed by atoms with E-state index in [0.29, 0.717) is 0 Å². The van der Waals surface area contributed by atoms with Crippen LogP contribution < -0.4 is 10.6 Å². The fourth-order valence-corrected chi connectivity index (χ4v) is 2.75. The van der Waals surface area contributed by atoms with Crippen molar-refractivity contribution in [2.75, 3.05) is 17.7 Å². The number of nitrogen functional groups attached to an aromatic ring is 1. The summed E-state index contributed by atoms with van der Waals surface area (Å²) in [6.07, 6.45) is 0. The van der Waals surface area contributed by atoms with Crippen LogP contribution in [0.25, 0.3) is 0 Å². The van der Waals surface area contributed by atoms with Gasteiger partial charge in [0.25, 0.3) is 0 Å². The SMILES string of the molecule is CN(c1cccc(N)c1)c1cc(Br)cs1. The molecule has 0 atom stereocenters. The summed E-state index contributed by atoms with van der Waals surface area (Å²) in [6.45, 7) is 0. The first-order valence-corrected chi connectivity index (χ1v) is 6.17. The van der Waals surface area contributed by atoms with Gasteiger partial charge >= 0.3 is 0 Å². The molecule has 0 bridgehead atoms. The molecule has 0 amide bonds. The number of hydrogen-bond acceptors (Lipinski definition) is 3. The number of rotatable bonds is 2. The van der Waals surface area contributed by atoms with E-state index in [4.69, 9.17) is 5.73 Å². The quantitative estimate of drug-likeness (QED) is 0.848. The molecule has 78 valence electrons. The van der Waals surface area contributed by atoms with Crippen LogP contribution >= 0.6 is 27.3 Å². The van der Waals surface area contributed by atoms with Crippen LogP contribution in [0.2, 0.25) is 0 Å². The lowest BCUT2D eigenvalue weighted by Crippen LogP contribution is -2.07. The molecule has 0 aliphatic rings. The second-order valence-corrected chi connectivity index (χ2v) is 5.06. The highest BCUT2D eigenvalue weighted by molar-refractivity contribution is 9.10. The fourth-order valence-electron chi connectivity index (χ4n) is 1.34. The second kappa shape index (κ2) is 4.24. The van der Waals surface area contributed by atoms with Gasteiger partial charge < -0.3 is 10.6 Å². The van der Waals surface area contributed by atoms with Crippen LogP contribution in [0, 0.1) is 0 Å². The topological polar surface area (TPSA) is 29.3 Å². The molecule has 2 aromatic rings. The number of nitrogens with zero attached hydrogens (tertiary/aromatic N) is 1. The summed E-state index contributed by atoms with van der Waals surface area (Å²) in [4.78, 5) is 2.12. The van der Waals surface area contributed by atoms with E-state index >= 15 is 0 Å². The molecule has 4 heteroatoms. The molecule has 0 unspecified atom stereocenters. The van der Waals surface area contributed by atoms with Crippen molar-refractivity contribution in [2.24, 2.45) is 0 Å². The molecule has 0 aliphatic carbocycles. The van der Waals surface area contributed by atoms with Gasteiger partial charge in [0, 0.05) is 28.3 Å². The largest absolute Gasteiger partial charge is 0.399 e. The van der Waals surface area contributed by atoms with Gasteiger partial charge in [-0.3, -0.25) is 0 Å². The normalized spacial score (nSPS) is 10.3. The van der Waals surface area contributed by atoms with Crippen molar-refractivity contribution in [2.45, 2.75) is 0 Å². The molecule has 2 N–H and O–H groups in total. The van der Waals surface area contributed by atoms with Crippen LogP contribution in [0.4, 0.5) is 16.4 Å². The Bertz CT molecular complexity index is 467. The van der Waals surface area contributed by atoms with Crippen molar-refractivity contribution in [1.29, 1.82) is 0 Å². The van der Waals surface area contributed by atoms with E-state index in [9.17, 15) is 0 Å². The summed E-state index contributed by atoms with van der Waals surface area (Å²) in [5.74, 6) is 0. The highest BCUT2D eigenvalue weighted by Crippen LogP contribution is 2.32. The van der Waals surface area contributed by atoms with Gasteiger partial charge in [0.15, 0.2) is 0 Å². The smallest absolute Gasteiger partial charge is 0.0962 e. The van der Waals surface area contributed by atoms with E-state index < -0.39 is 0 Å². The maximum atomic E-state index is 5.75. The van der Waals surface area contributed by atoms with Crippen molar-refractivity contribution in [3.8, 4) is 0 Å². The summed E-state index contributed by atoms with van der Waals surface area (Å²) >= 11 is 5.14. The molecule has 2 nitrogen and oxygen atoms in total. The monoisotopic (exact) mass is 282 g/mol. The van der Waals surface area contributed by atoms with Gasteiger partial charge in [-0.2, -0.15) is 0 Å². The van der Waals surface area contributed by atoms with E-state index in [1.165, 1.54) is 5.00 Å². The summed E-state index contributed by atoms with van der Waals surface area (Å²) in [5, 5.41) is 3.26. The van der Waals surface area contributed by atoms with Gasteiger partial charge in [-0.1, -0.05) is 6.07 Å². The highest BCUT2D eigenvalue weighted by Gasteiger charge is 2.06. The average Bonchev–Trinajstić information content (AvgIpc) is 2.64. The van der Waals surface area contributed by atoms with Gasteiger partial charge in [-0.25, -0.2) is 0 Å². The van der Waals surface area contributed by atoms with Crippen LogP contribution in [0.5, 0.6) is 0 Å². The van der Waals surface area contributed by atoms with E-state index in [2.05, 4.69) is 32.3 Å². The standard InChI is InChI=1S/C11H11BrN2S/c1-14(11-5-8(12)7-15-11)10-4-2-3-9(13)6-10/h2-7H,13H2,1H3. The van der Waals surface area contributed by atoms with Crippen LogP contribution in [0.15, 0.2) is 40.2 Å². The van der Waals surface area contributed by atoms with Crippen molar-refractivity contribution in [3.05, 3.63) is 40.2 Å². The minimum absolute atomic E-state index is 0.787. The summed E-state index contributed by atoms with van der Waals surface area (Å²) < 4.78 is 1.11. The first kappa shape index (κ1) is 10.5. The molecular weight excluding hydrogens is 272 g/mol. The minimum atomic E-state index is 0.787. The predicted octanol–water partition coefficient (Wildman–Crippen LogP) is 3.86. The fraction of sp³-hybridized carbons (Fsp3) is 0.0909. The summed E-state index contributed by atoms with van der Waals surface area (Å²) in [7, 11) is 2.03. The molecule has 0 spiro atoms. The Morgan fingerprint density at radius 2 is 2.13 bits per heavy atom. The molecule has 0 radical (unpaired) electrons. The predicted molar refractivity (Wildman–Crippen MR) is 70.9 cm³/mol. The Kier molecular flexibility index (Phi) is 2.98. The van der Waals surface area contributed by atoms with E-state index in [1.54, 1.807) is 11.3 Å². The van der Waals surface area contributed by atoms with Gasteiger partial charge in [0.1, 0.15) is 0 Å². The summed E-state index contributed by atoms with van der Waals surface area (Å²) in [6, 6.07) is 9.96. The lowest BCUT2D eigenvalue weighted by atomic mass is 10.2. The van der Waals surface area contributed by atoms with Crippen molar-refractivity contribution < 1.29 is 0 Å². The van der Waals surface area contributed by atoms with Crippen molar-refractivity contribution in [3.63, 3.8) is 0 Å². The molecule has 15 heavy (non-hydrogen) atoms. The Hall–Kier alpha value is -1.000. The average molecular weight is 283 g/mol. The summed E-state index contributed by atoms with van der Waals surface area (Å²) in [5.41, 5.74) is 7.64. The van der Waals surface area contributed by atoms with E-state index in [-0.39, 0.29) is 0 Å². The molecule has 0 aliphatic heterocycles. The molecule has 0 saturated carbocycles. The number of thiophene rings is 1. The number of halogens is 1. The van der Waals surface area contributed by atoms with Crippen molar-refractivity contribution in [1.82, 2.24) is 0 Å². The zero-order chi connectivity index (χ0) is 10.8. The Balaban J connectivity index is 2.32. The van der Waals surface area contributed by atoms with Crippen molar-refractivity contribution >= 4 is 43.6 Å². The molecule has 0 saturated heterocycles.